The van der Waals surface area contributed by atoms with Gasteiger partial charge in [-0.25, -0.2) is 0 Å². The van der Waals surface area contributed by atoms with Crippen LogP contribution in [0.4, 0.5) is 0 Å². The van der Waals surface area contributed by atoms with Crippen LogP contribution < -0.4 is 5.32 Å². The van der Waals surface area contributed by atoms with Crippen molar-refractivity contribution in [3.05, 3.63) is 0 Å². The standard InChI is InChI=1S/C10H18N2O2/c1-2-5-9(10(14)11-8-13)12-6-3-4-7-12/h8-9H,2-7H2,1H3,(H,11,13,14). The smallest absolute Gasteiger partial charge is 0.243 e. The Labute approximate surface area is 84.7 Å². The van der Waals surface area contributed by atoms with Gasteiger partial charge in [-0.3, -0.25) is 19.8 Å². The Morgan fingerprint density at radius 1 is 1.50 bits per heavy atom. The number of rotatable bonds is 5. The van der Waals surface area contributed by atoms with Crippen LogP contribution in [0, 0.1) is 0 Å². The number of amides is 2. The summed E-state index contributed by atoms with van der Waals surface area (Å²) in [7, 11) is 0. The second-order valence-corrected chi connectivity index (χ2v) is 3.67. The van der Waals surface area contributed by atoms with Crippen LogP contribution in [0.5, 0.6) is 0 Å². The molecule has 1 rings (SSSR count). The molecule has 0 radical (unpaired) electrons. The van der Waals surface area contributed by atoms with Gasteiger partial charge in [0, 0.05) is 0 Å². The zero-order chi connectivity index (χ0) is 10.4. The van der Waals surface area contributed by atoms with Crippen LogP contribution >= 0.6 is 0 Å². The maximum absolute atomic E-state index is 11.5. The summed E-state index contributed by atoms with van der Waals surface area (Å²) in [5.74, 6) is -0.149. The van der Waals surface area contributed by atoms with Crippen LogP contribution in [0.2, 0.25) is 0 Å². The normalized spacial score (nSPS) is 19.2. The average Bonchev–Trinajstić information content (AvgIpc) is 2.67. The van der Waals surface area contributed by atoms with Gasteiger partial charge in [-0.1, -0.05) is 13.3 Å². The number of nitrogens with one attached hydrogen (secondary N) is 1. The topological polar surface area (TPSA) is 49.4 Å². The largest absolute Gasteiger partial charge is 0.298 e. The summed E-state index contributed by atoms with van der Waals surface area (Å²) in [5.41, 5.74) is 0. The van der Waals surface area contributed by atoms with Gasteiger partial charge in [-0.05, 0) is 32.4 Å². The lowest BCUT2D eigenvalue weighted by atomic mass is 10.1. The summed E-state index contributed by atoms with van der Waals surface area (Å²) in [4.78, 5) is 23.9. The summed E-state index contributed by atoms with van der Waals surface area (Å²) < 4.78 is 0. The van der Waals surface area contributed by atoms with Crippen molar-refractivity contribution >= 4 is 12.3 Å². The number of hydrogen-bond acceptors (Lipinski definition) is 3. The van der Waals surface area contributed by atoms with Crippen molar-refractivity contribution in [1.82, 2.24) is 10.2 Å². The number of likely N-dealkylation sites (tertiary alicyclic amines) is 1. The molecular weight excluding hydrogens is 180 g/mol. The van der Waals surface area contributed by atoms with Gasteiger partial charge in [0.1, 0.15) is 0 Å². The van der Waals surface area contributed by atoms with Crippen molar-refractivity contribution in [2.75, 3.05) is 13.1 Å². The van der Waals surface area contributed by atoms with E-state index in [0.717, 1.165) is 38.8 Å². The highest BCUT2D eigenvalue weighted by molar-refractivity contribution is 5.89. The molecule has 0 spiro atoms. The van der Waals surface area contributed by atoms with E-state index in [0.29, 0.717) is 6.41 Å². The molecule has 0 aromatic heterocycles. The Morgan fingerprint density at radius 3 is 2.64 bits per heavy atom. The van der Waals surface area contributed by atoms with E-state index in [1.165, 1.54) is 0 Å². The number of carbonyl (C=O) groups excluding carboxylic acids is 2. The van der Waals surface area contributed by atoms with Crippen LogP contribution in [0.15, 0.2) is 0 Å². The molecule has 4 nitrogen and oxygen atoms in total. The quantitative estimate of drug-likeness (QED) is 0.655. The molecule has 1 N–H and O–H groups in total. The van der Waals surface area contributed by atoms with Crippen molar-refractivity contribution in [2.24, 2.45) is 0 Å². The van der Waals surface area contributed by atoms with Gasteiger partial charge in [0.2, 0.25) is 12.3 Å². The number of nitrogens with zero attached hydrogens (tertiary/aromatic N) is 1. The molecule has 0 aromatic rings. The van der Waals surface area contributed by atoms with E-state index in [2.05, 4.69) is 17.1 Å². The molecule has 0 aromatic carbocycles. The first-order valence-corrected chi connectivity index (χ1v) is 5.27. The molecule has 1 aliphatic rings. The van der Waals surface area contributed by atoms with Gasteiger partial charge in [0.05, 0.1) is 6.04 Å². The van der Waals surface area contributed by atoms with Crippen molar-refractivity contribution in [3.63, 3.8) is 0 Å². The molecule has 0 bridgehead atoms. The highest BCUT2D eigenvalue weighted by atomic mass is 16.2. The molecule has 1 aliphatic heterocycles. The maximum Gasteiger partial charge on any atom is 0.243 e. The predicted molar refractivity (Wildman–Crippen MR) is 53.7 cm³/mol. The molecule has 14 heavy (non-hydrogen) atoms. The van der Waals surface area contributed by atoms with E-state index in [1.54, 1.807) is 0 Å². The van der Waals surface area contributed by atoms with E-state index < -0.39 is 0 Å². The second-order valence-electron chi connectivity index (χ2n) is 3.67. The Balaban J connectivity index is 2.52. The minimum Gasteiger partial charge on any atom is -0.298 e. The molecule has 4 heteroatoms. The van der Waals surface area contributed by atoms with Gasteiger partial charge in [-0.2, -0.15) is 0 Å². The fourth-order valence-electron chi connectivity index (χ4n) is 1.96. The summed E-state index contributed by atoms with van der Waals surface area (Å²) >= 11 is 0. The fourth-order valence-corrected chi connectivity index (χ4v) is 1.96. The predicted octanol–water partition coefficient (Wildman–Crippen LogP) is 0.523. The van der Waals surface area contributed by atoms with E-state index in [4.69, 9.17) is 0 Å². The minimum atomic E-state index is -0.149. The van der Waals surface area contributed by atoms with E-state index in [-0.39, 0.29) is 11.9 Å². The first kappa shape index (κ1) is 11.2. The third-order valence-corrected chi connectivity index (χ3v) is 2.65. The molecule has 1 atom stereocenters. The van der Waals surface area contributed by atoms with Crippen molar-refractivity contribution in [2.45, 2.75) is 38.6 Å². The first-order chi connectivity index (χ1) is 6.79. The van der Waals surface area contributed by atoms with Crippen molar-refractivity contribution in [3.8, 4) is 0 Å². The molecule has 0 aliphatic carbocycles. The SMILES string of the molecule is CCCC(C(=O)NC=O)N1CCCC1. The Hall–Kier alpha value is -0.900. The Kier molecular flexibility index (Phi) is 4.59. The number of imide groups is 1. The van der Waals surface area contributed by atoms with Crippen molar-refractivity contribution < 1.29 is 9.59 Å². The van der Waals surface area contributed by atoms with Crippen LogP contribution in [-0.2, 0) is 9.59 Å². The Morgan fingerprint density at radius 2 is 2.14 bits per heavy atom. The van der Waals surface area contributed by atoms with Gasteiger partial charge in [-0.15, -0.1) is 0 Å². The molecule has 1 heterocycles. The molecule has 2 amide bonds. The molecule has 0 saturated carbocycles. The number of hydrogen-bond donors (Lipinski definition) is 1. The van der Waals surface area contributed by atoms with Crippen molar-refractivity contribution in [1.29, 1.82) is 0 Å². The third-order valence-electron chi connectivity index (χ3n) is 2.65. The summed E-state index contributed by atoms with van der Waals surface area (Å²) in [6.45, 7) is 4.02. The van der Waals surface area contributed by atoms with Crippen LogP contribution in [0.1, 0.15) is 32.6 Å². The van der Waals surface area contributed by atoms with E-state index >= 15 is 0 Å². The maximum atomic E-state index is 11.5. The van der Waals surface area contributed by atoms with E-state index in [9.17, 15) is 9.59 Å². The van der Waals surface area contributed by atoms with Crippen LogP contribution in [-0.4, -0.2) is 36.3 Å². The summed E-state index contributed by atoms with van der Waals surface area (Å²) in [6.07, 6.45) is 4.59. The molecule has 1 unspecified atom stereocenters. The molecular formula is C10H18N2O2. The lowest BCUT2D eigenvalue weighted by Gasteiger charge is -2.24. The van der Waals surface area contributed by atoms with Gasteiger partial charge >= 0.3 is 0 Å². The second kappa shape index (κ2) is 5.75. The summed E-state index contributed by atoms with van der Waals surface area (Å²) in [5, 5.41) is 2.25. The zero-order valence-electron chi connectivity index (χ0n) is 8.66. The summed E-state index contributed by atoms with van der Waals surface area (Å²) in [6, 6.07) is -0.104. The van der Waals surface area contributed by atoms with Gasteiger partial charge < -0.3 is 0 Å². The van der Waals surface area contributed by atoms with E-state index in [1.807, 2.05) is 0 Å². The lowest BCUT2D eigenvalue weighted by molar-refractivity contribution is -0.129. The molecule has 80 valence electrons. The Bertz CT molecular complexity index is 200. The third kappa shape index (κ3) is 2.80. The van der Waals surface area contributed by atoms with Gasteiger partial charge in [0.25, 0.3) is 0 Å². The fraction of sp³-hybridized carbons (Fsp3) is 0.800. The van der Waals surface area contributed by atoms with Crippen LogP contribution in [0.3, 0.4) is 0 Å². The minimum absolute atomic E-state index is 0.104. The van der Waals surface area contributed by atoms with Crippen LogP contribution in [0.25, 0.3) is 0 Å². The monoisotopic (exact) mass is 198 g/mol. The zero-order valence-corrected chi connectivity index (χ0v) is 8.66. The van der Waals surface area contributed by atoms with Gasteiger partial charge in [0.15, 0.2) is 0 Å². The first-order valence-electron chi connectivity index (χ1n) is 5.27. The lowest BCUT2D eigenvalue weighted by Crippen LogP contribution is -2.45. The highest BCUT2D eigenvalue weighted by Crippen LogP contribution is 2.15. The number of carbonyl (C=O) groups is 2. The average molecular weight is 198 g/mol. The highest BCUT2D eigenvalue weighted by Gasteiger charge is 2.26. The molecule has 1 saturated heterocycles. The molecule has 1 fully saturated rings.